The van der Waals surface area contributed by atoms with E-state index < -0.39 is 16.6 Å². The van der Waals surface area contributed by atoms with Crippen molar-refractivity contribution in [2.45, 2.75) is 10.7 Å². The molecule has 0 aliphatic carbocycles. The van der Waals surface area contributed by atoms with Crippen molar-refractivity contribution in [3.8, 4) is 0 Å². The largest absolute Gasteiger partial charge is 0.383 e. The number of ether oxygens (including phenoxy) is 1. The number of nitrogens with zero attached hydrogens (tertiary/aromatic N) is 1. The third-order valence-corrected chi connectivity index (χ3v) is 4.22. The standard InChI is InChI=1S/C17H17F2N3O4S/c1-26-9-8-20-12-7-6-11(10-14(12)22(24)25)16(23)21-13-4-2-3-5-15(13)27-17(18)19/h2-7,10,17,20H,8-9H2,1H3,(H,21,23). The van der Waals surface area contributed by atoms with Gasteiger partial charge in [0.15, 0.2) is 0 Å². The average molecular weight is 397 g/mol. The van der Waals surface area contributed by atoms with Crippen LogP contribution in [0.5, 0.6) is 0 Å². The lowest BCUT2D eigenvalue weighted by Gasteiger charge is -2.11. The third-order valence-electron chi connectivity index (χ3n) is 3.43. The molecule has 2 aromatic carbocycles. The van der Waals surface area contributed by atoms with Crippen molar-refractivity contribution in [2.24, 2.45) is 0 Å². The van der Waals surface area contributed by atoms with Crippen LogP contribution in [-0.4, -0.2) is 36.8 Å². The van der Waals surface area contributed by atoms with Gasteiger partial charge in [-0.15, -0.1) is 0 Å². The Morgan fingerprint density at radius 2 is 2.00 bits per heavy atom. The summed E-state index contributed by atoms with van der Waals surface area (Å²) in [6, 6.07) is 10.1. The first-order chi connectivity index (χ1) is 12.9. The zero-order valence-corrected chi connectivity index (χ0v) is 15.1. The van der Waals surface area contributed by atoms with Crippen LogP contribution in [0, 0.1) is 10.1 Å². The Kier molecular flexibility index (Phi) is 7.50. The highest BCUT2D eigenvalue weighted by atomic mass is 32.2. The van der Waals surface area contributed by atoms with E-state index in [1.54, 1.807) is 12.1 Å². The summed E-state index contributed by atoms with van der Waals surface area (Å²) in [7, 11) is 1.51. The highest BCUT2D eigenvalue weighted by Crippen LogP contribution is 2.32. The Morgan fingerprint density at radius 1 is 1.26 bits per heavy atom. The number of hydrogen-bond donors (Lipinski definition) is 2. The van der Waals surface area contributed by atoms with Gasteiger partial charge in [-0.25, -0.2) is 0 Å². The molecule has 2 aromatic rings. The van der Waals surface area contributed by atoms with Crippen molar-refractivity contribution >= 4 is 34.7 Å². The van der Waals surface area contributed by atoms with Crippen molar-refractivity contribution in [1.82, 2.24) is 0 Å². The quantitative estimate of drug-likeness (QED) is 0.285. The zero-order chi connectivity index (χ0) is 19.8. The Balaban J connectivity index is 2.22. The number of anilines is 2. The van der Waals surface area contributed by atoms with E-state index in [0.717, 1.165) is 6.07 Å². The number of thioether (sulfide) groups is 1. The summed E-state index contributed by atoms with van der Waals surface area (Å²) in [5, 5.41) is 16.6. The highest BCUT2D eigenvalue weighted by Gasteiger charge is 2.18. The second kappa shape index (κ2) is 9.83. The van der Waals surface area contributed by atoms with E-state index in [4.69, 9.17) is 4.74 Å². The van der Waals surface area contributed by atoms with Crippen LogP contribution in [-0.2, 0) is 4.74 Å². The molecule has 0 bridgehead atoms. The van der Waals surface area contributed by atoms with Crippen molar-refractivity contribution in [3.05, 3.63) is 58.1 Å². The van der Waals surface area contributed by atoms with Gasteiger partial charge in [-0.2, -0.15) is 8.78 Å². The van der Waals surface area contributed by atoms with Gasteiger partial charge in [-0.05, 0) is 24.3 Å². The number of halogens is 2. The van der Waals surface area contributed by atoms with Gasteiger partial charge in [0.25, 0.3) is 17.4 Å². The number of alkyl halides is 2. The van der Waals surface area contributed by atoms with E-state index in [0.29, 0.717) is 24.9 Å². The smallest absolute Gasteiger partial charge is 0.293 e. The van der Waals surface area contributed by atoms with E-state index in [1.165, 1.54) is 31.4 Å². The predicted molar refractivity (Wildman–Crippen MR) is 99.7 cm³/mol. The molecular formula is C17H17F2N3O4S. The lowest BCUT2D eigenvalue weighted by molar-refractivity contribution is -0.384. The van der Waals surface area contributed by atoms with Crippen molar-refractivity contribution in [3.63, 3.8) is 0 Å². The van der Waals surface area contributed by atoms with Crippen LogP contribution in [0.1, 0.15) is 10.4 Å². The molecule has 0 saturated heterocycles. The summed E-state index contributed by atoms with van der Waals surface area (Å²) < 4.78 is 30.1. The van der Waals surface area contributed by atoms with E-state index in [9.17, 15) is 23.7 Å². The normalized spacial score (nSPS) is 10.7. The fraction of sp³-hybridized carbons (Fsp3) is 0.235. The molecule has 1 amide bonds. The van der Waals surface area contributed by atoms with Crippen LogP contribution in [0.3, 0.4) is 0 Å². The van der Waals surface area contributed by atoms with Crippen molar-refractivity contribution in [2.75, 3.05) is 30.9 Å². The number of benzene rings is 2. The van der Waals surface area contributed by atoms with Crippen LogP contribution < -0.4 is 10.6 Å². The number of nitrogens with one attached hydrogen (secondary N) is 2. The minimum Gasteiger partial charge on any atom is -0.383 e. The van der Waals surface area contributed by atoms with Crippen LogP contribution in [0.15, 0.2) is 47.4 Å². The number of nitro groups is 1. The first kappa shape index (κ1) is 20.6. The maximum absolute atomic E-state index is 12.6. The molecule has 144 valence electrons. The fourth-order valence-corrected chi connectivity index (χ4v) is 2.82. The van der Waals surface area contributed by atoms with Crippen LogP contribution >= 0.6 is 11.8 Å². The van der Waals surface area contributed by atoms with Crippen molar-refractivity contribution in [1.29, 1.82) is 0 Å². The second-order valence-electron chi connectivity index (χ2n) is 5.24. The monoisotopic (exact) mass is 397 g/mol. The number of amides is 1. The molecule has 0 saturated carbocycles. The van der Waals surface area contributed by atoms with Gasteiger partial charge in [-0.3, -0.25) is 14.9 Å². The van der Waals surface area contributed by atoms with Gasteiger partial charge in [0.2, 0.25) is 0 Å². The topological polar surface area (TPSA) is 93.5 Å². The maximum Gasteiger partial charge on any atom is 0.293 e. The predicted octanol–water partition coefficient (Wildman–Crippen LogP) is 4.22. The van der Waals surface area contributed by atoms with Crippen LogP contribution in [0.25, 0.3) is 0 Å². The Morgan fingerprint density at radius 3 is 2.67 bits per heavy atom. The second-order valence-corrected chi connectivity index (χ2v) is 6.27. The van der Waals surface area contributed by atoms with E-state index in [-0.39, 0.29) is 27.5 Å². The summed E-state index contributed by atoms with van der Waals surface area (Å²) in [5.74, 6) is -3.27. The molecule has 2 rings (SSSR count). The maximum atomic E-state index is 12.6. The molecule has 0 fully saturated rings. The molecule has 0 atom stereocenters. The van der Waals surface area contributed by atoms with Crippen molar-refractivity contribution < 1.29 is 23.2 Å². The molecule has 0 unspecified atom stereocenters. The molecule has 0 aliphatic rings. The van der Waals surface area contributed by atoms with E-state index in [2.05, 4.69) is 10.6 Å². The summed E-state index contributed by atoms with van der Waals surface area (Å²) in [6.07, 6.45) is 0. The number of carbonyl (C=O) groups excluding carboxylic acids is 1. The molecule has 10 heteroatoms. The molecule has 7 nitrogen and oxygen atoms in total. The van der Waals surface area contributed by atoms with Crippen LogP contribution in [0.2, 0.25) is 0 Å². The van der Waals surface area contributed by atoms with Gasteiger partial charge in [-0.1, -0.05) is 23.9 Å². The highest BCUT2D eigenvalue weighted by molar-refractivity contribution is 7.99. The Labute approximate surface area is 158 Å². The summed E-state index contributed by atoms with van der Waals surface area (Å²) in [6.45, 7) is 0.721. The number of nitro benzene ring substituents is 1. The first-order valence-electron chi connectivity index (χ1n) is 7.79. The minimum atomic E-state index is -2.64. The van der Waals surface area contributed by atoms with E-state index >= 15 is 0 Å². The number of methoxy groups -OCH3 is 1. The Hall–Kier alpha value is -2.72. The van der Waals surface area contributed by atoms with Gasteiger partial charge >= 0.3 is 0 Å². The molecular weight excluding hydrogens is 380 g/mol. The summed E-state index contributed by atoms with van der Waals surface area (Å²) in [5.41, 5.74) is 0.227. The minimum absolute atomic E-state index is 0.0378. The molecule has 0 aliphatic heterocycles. The third kappa shape index (κ3) is 5.90. The average Bonchev–Trinajstić information content (AvgIpc) is 2.63. The summed E-state index contributed by atoms with van der Waals surface area (Å²) >= 11 is 0.306. The van der Waals surface area contributed by atoms with Gasteiger partial charge in [0, 0.05) is 30.2 Å². The van der Waals surface area contributed by atoms with Gasteiger partial charge in [0.05, 0.1) is 17.2 Å². The molecule has 27 heavy (non-hydrogen) atoms. The van der Waals surface area contributed by atoms with Crippen LogP contribution in [0.4, 0.5) is 25.8 Å². The molecule has 0 heterocycles. The summed E-state index contributed by atoms with van der Waals surface area (Å²) in [4.78, 5) is 23.3. The van der Waals surface area contributed by atoms with Gasteiger partial charge in [0.1, 0.15) is 5.69 Å². The lowest BCUT2D eigenvalue weighted by Crippen LogP contribution is -2.14. The number of hydrogen-bond acceptors (Lipinski definition) is 6. The molecule has 2 N–H and O–H groups in total. The van der Waals surface area contributed by atoms with E-state index in [1.807, 2.05) is 0 Å². The number of rotatable bonds is 9. The fourth-order valence-electron chi connectivity index (χ4n) is 2.22. The SMILES string of the molecule is COCCNc1ccc(C(=O)Nc2ccccc2SC(F)F)cc1[N+](=O)[O-]. The first-order valence-corrected chi connectivity index (χ1v) is 8.66. The lowest BCUT2D eigenvalue weighted by atomic mass is 10.1. The number of carbonyl (C=O) groups is 1. The molecule has 0 aromatic heterocycles. The molecule has 0 spiro atoms. The van der Waals surface area contributed by atoms with Gasteiger partial charge < -0.3 is 15.4 Å². The molecule has 0 radical (unpaired) electrons. The zero-order valence-electron chi connectivity index (χ0n) is 14.3. The Bertz CT molecular complexity index is 821. The number of para-hydroxylation sites is 1.